The largest absolute Gasteiger partial charge is 0.309 e. The Hall–Kier alpha value is -1.21. The fraction of sp³-hybridized carbons (Fsp3) is 0.294. The molecule has 0 radical (unpaired) electrons. The predicted octanol–water partition coefficient (Wildman–Crippen LogP) is 3.39. The molecule has 6 heteroatoms. The van der Waals surface area contributed by atoms with E-state index >= 15 is 0 Å². The Morgan fingerprint density at radius 2 is 1.61 bits per heavy atom. The maximum atomic E-state index is 12.2. The Balaban J connectivity index is 1.82. The molecule has 0 aromatic heterocycles. The van der Waals surface area contributed by atoms with Gasteiger partial charge in [-0.1, -0.05) is 45.8 Å². The number of nitrogens with one attached hydrogen (secondary N) is 2. The van der Waals surface area contributed by atoms with Crippen molar-refractivity contribution in [2.75, 3.05) is 13.1 Å². The molecule has 0 aliphatic rings. The molecule has 0 spiro atoms. The standard InChI is InChI=1S/C17H21BrN2O2S/c1-13-3-9-17(10-4-13)23(21,22)20-12-11-19-14(2)15-5-7-16(18)8-6-15/h3-10,14,19-20H,11-12H2,1-2H3/t14-/m0/s1. The van der Waals surface area contributed by atoms with Crippen molar-refractivity contribution in [3.8, 4) is 0 Å². The van der Waals surface area contributed by atoms with Gasteiger partial charge in [0.05, 0.1) is 4.90 Å². The zero-order valence-corrected chi connectivity index (χ0v) is 15.6. The van der Waals surface area contributed by atoms with Gasteiger partial charge in [-0.05, 0) is 43.7 Å². The van der Waals surface area contributed by atoms with E-state index in [1.165, 1.54) is 0 Å². The number of hydrogen-bond acceptors (Lipinski definition) is 3. The lowest BCUT2D eigenvalue weighted by molar-refractivity contribution is 0.553. The average Bonchev–Trinajstić information content (AvgIpc) is 2.52. The molecule has 2 aromatic carbocycles. The van der Waals surface area contributed by atoms with Crippen molar-refractivity contribution in [1.82, 2.24) is 10.0 Å². The molecule has 2 N–H and O–H groups in total. The van der Waals surface area contributed by atoms with Crippen molar-refractivity contribution >= 4 is 26.0 Å². The third-order valence-corrected chi connectivity index (χ3v) is 5.57. The van der Waals surface area contributed by atoms with Crippen LogP contribution in [0.2, 0.25) is 0 Å². The smallest absolute Gasteiger partial charge is 0.240 e. The minimum absolute atomic E-state index is 0.159. The van der Waals surface area contributed by atoms with E-state index in [9.17, 15) is 8.42 Å². The molecular formula is C17H21BrN2O2S. The van der Waals surface area contributed by atoms with Crippen molar-refractivity contribution in [3.63, 3.8) is 0 Å². The Kier molecular flexibility index (Phi) is 6.35. The van der Waals surface area contributed by atoms with Crippen LogP contribution >= 0.6 is 15.9 Å². The van der Waals surface area contributed by atoms with Crippen LogP contribution in [0.25, 0.3) is 0 Å². The Morgan fingerprint density at radius 3 is 2.22 bits per heavy atom. The molecule has 0 bridgehead atoms. The lowest BCUT2D eigenvalue weighted by Gasteiger charge is -2.15. The highest BCUT2D eigenvalue weighted by atomic mass is 79.9. The van der Waals surface area contributed by atoms with E-state index in [2.05, 4.69) is 32.9 Å². The molecule has 0 saturated heterocycles. The SMILES string of the molecule is Cc1ccc(S(=O)(=O)NCCN[C@@H](C)c2ccc(Br)cc2)cc1. The molecule has 2 aromatic rings. The molecule has 0 saturated carbocycles. The number of aryl methyl sites for hydroxylation is 1. The summed E-state index contributed by atoms with van der Waals surface area (Å²) < 4.78 is 28.0. The molecule has 0 aliphatic carbocycles. The summed E-state index contributed by atoms with van der Waals surface area (Å²) in [5.41, 5.74) is 2.20. The Bertz CT molecular complexity index is 728. The second-order valence-corrected chi connectivity index (χ2v) is 8.12. The highest BCUT2D eigenvalue weighted by Gasteiger charge is 2.13. The van der Waals surface area contributed by atoms with Gasteiger partial charge >= 0.3 is 0 Å². The summed E-state index contributed by atoms with van der Waals surface area (Å²) in [6.45, 7) is 4.88. The van der Waals surface area contributed by atoms with Crippen LogP contribution in [0, 0.1) is 6.92 Å². The molecular weight excluding hydrogens is 376 g/mol. The van der Waals surface area contributed by atoms with E-state index in [1.54, 1.807) is 24.3 Å². The van der Waals surface area contributed by atoms with Crippen LogP contribution in [-0.2, 0) is 10.0 Å². The molecule has 1 atom stereocenters. The van der Waals surface area contributed by atoms with Crippen molar-refractivity contribution in [1.29, 1.82) is 0 Å². The van der Waals surface area contributed by atoms with Gasteiger partial charge in [-0.3, -0.25) is 0 Å². The first-order chi connectivity index (χ1) is 10.9. The van der Waals surface area contributed by atoms with E-state index in [4.69, 9.17) is 0 Å². The van der Waals surface area contributed by atoms with Gasteiger partial charge in [0.25, 0.3) is 0 Å². The quantitative estimate of drug-likeness (QED) is 0.705. The minimum atomic E-state index is -3.44. The van der Waals surface area contributed by atoms with Crippen LogP contribution in [0.4, 0.5) is 0 Å². The van der Waals surface area contributed by atoms with Crippen LogP contribution in [0.15, 0.2) is 57.9 Å². The van der Waals surface area contributed by atoms with Gasteiger partial charge in [-0.15, -0.1) is 0 Å². The van der Waals surface area contributed by atoms with E-state index < -0.39 is 10.0 Å². The predicted molar refractivity (Wildman–Crippen MR) is 96.9 cm³/mol. The van der Waals surface area contributed by atoms with Gasteiger partial charge in [-0.2, -0.15) is 0 Å². The molecule has 0 heterocycles. The molecule has 0 fully saturated rings. The number of halogens is 1. The minimum Gasteiger partial charge on any atom is -0.309 e. The number of benzene rings is 2. The Morgan fingerprint density at radius 1 is 1.00 bits per heavy atom. The zero-order chi connectivity index (χ0) is 16.9. The van der Waals surface area contributed by atoms with Gasteiger partial charge < -0.3 is 5.32 Å². The molecule has 2 rings (SSSR count). The fourth-order valence-electron chi connectivity index (χ4n) is 2.14. The van der Waals surface area contributed by atoms with Crippen molar-refractivity contribution in [2.45, 2.75) is 24.8 Å². The zero-order valence-electron chi connectivity index (χ0n) is 13.2. The summed E-state index contributed by atoms with van der Waals surface area (Å²) in [5.74, 6) is 0. The topological polar surface area (TPSA) is 58.2 Å². The molecule has 124 valence electrons. The summed E-state index contributed by atoms with van der Waals surface area (Å²) in [7, 11) is -3.44. The summed E-state index contributed by atoms with van der Waals surface area (Å²) in [5, 5.41) is 3.31. The molecule has 0 amide bonds. The molecule has 23 heavy (non-hydrogen) atoms. The number of sulfonamides is 1. The van der Waals surface area contributed by atoms with Crippen LogP contribution in [0.5, 0.6) is 0 Å². The highest BCUT2D eigenvalue weighted by molar-refractivity contribution is 9.10. The van der Waals surface area contributed by atoms with E-state index in [1.807, 2.05) is 31.2 Å². The van der Waals surface area contributed by atoms with Gasteiger partial charge in [0.2, 0.25) is 10.0 Å². The first-order valence-corrected chi connectivity index (χ1v) is 9.71. The van der Waals surface area contributed by atoms with Crippen LogP contribution in [0.3, 0.4) is 0 Å². The lowest BCUT2D eigenvalue weighted by Crippen LogP contribution is -2.33. The highest BCUT2D eigenvalue weighted by Crippen LogP contribution is 2.16. The van der Waals surface area contributed by atoms with E-state index in [-0.39, 0.29) is 6.04 Å². The normalized spacial score (nSPS) is 13.0. The molecule has 4 nitrogen and oxygen atoms in total. The summed E-state index contributed by atoms with van der Waals surface area (Å²) in [4.78, 5) is 0.295. The van der Waals surface area contributed by atoms with Gasteiger partial charge in [-0.25, -0.2) is 13.1 Å². The van der Waals surface area contributed by atoms with E-state index in [0.29, 0.717) is 18.0 Å². The maximum absolute atomic E-state index is 12.2. The summed E-state index contributed by atoms with van der Waals surface area (Å²) in [6, 6.07) is 15.1. The lowest BCUT2D eigenvalue weighted by atomic mass is 10.1. The van der Waals surface area contributed by atoms with Gasteiger partial charge in [0.15, 0.2) is 0 Å². The number of hydrogen-bond donors (Lipinski definition) is 2. The van der Waals surface area contributed by atoms with Crippen LogP contribution in [0.1, 0.15) is 24.1 Å². The van der Waals surface area contributed by atoms with E-state index in [0.717, 1.165) is 15.6 Å². The van der Waals surface area contributed by atoms with Crippen LogP contribution in [-0.4, -0.2) is 21.5 Å². The maximum Gasteiger partial charge on any atom is 0.240 e. The number of rotatable bonds is 7. The second kappa shape index (κ2) is 8.06. The van der Waals surface area contributed by atoms with Crippen molar-refractivity contribution < 1.29 is 8.42 Å². The third-order valence-electron chi connectivity index (χ3n) is 3.57. The van der Waals surface area contributed by atoms with Crippen molar-refractivity contribution in [2.24, 2.45) is 0 Å². The summed E-state index contributed by atoms with van der Waals surface area (Å²) >= 11 is 3.41. The first kappa shape index (κ1) is 18.1. The van der Waals surface area contributed by atoms with Crippen molar-refractivity contribution in [3.05, 3.63) is 64.1 Å². The van der Waals surface area contributed by atoms with Gasteiger partial charge in [0.1, 0.15) is 0 Å². The second-order valence-electron chi connectivity index (χ2n) is 5.44. The molecule has 0 aliphatic heterocycles. The van der Waals surface area contributed by atoms with Crippen LogP contribution < -0.4 is 10.0 Å². The molecule has 0 unspecified atom stereocenters. The monoisotopic (exact) mass is 396 g/mol. The van der Waals surface area contributed by atoms with Gasteiger partial charge in [0, 0.05) is 23.6 Å². The first-order valence-electron chi connectivity index (χ1n) is 7.44. The third kappa shape index (κ3) is 5.42. The summed E-state index contributed by atoms with van der Waals surface area (Å²) in [6.07, 6.45) is 0. The average molecular weight is 397 g/mol. The Labute approximate surface area is 146 Å². The fourth-order valence-corrected chi connectivity index (χ4v) is 3.44.